The molecule has 6 heteroatoms. The maximum Gasteiger partial charge on any atom is 0.262 e. The number of hydrogen-bond acceptors (Lipinski definition) is 5. The molecule has 1 amide bonds. The van der Waals surface area contributed by atoms with E-state index in [2.05, 4.69) is 5.32 Å². The van der Waals surface area contributed by atoms with E-state index in [1.165, 1.54) is 6.08 Å². The van der Waals surface area contributed by atoms with E-state index in [-0.39, 0.29) is 12.1 Å². The van der Waals surface area contributed by atoms with Gasteiger partial charge in [-0.3, -0.25) is 4.79 Å². The number of carbonyl (C=O) groups is 1. The van der Waals surface area contributed by atoms with Crippen molar-refractivity contribution in [1.29, 1.82) is 5.26 Å². The van der Waals surface area contributed by atoms with Gasteiger partial charge in [0, 0.05) is 31.9 Å². The van der Waals surface area contributed by atoms with Gasteiger partial charge < -0.3 is 19.7 Å². The molecule has 2 rings (SSSR count). The Labute approximate surface area is 171 Å². The third-order valence-electron chi connectivity index (χ3n) is 4.25. The second-order valence-electron chi connectivity index (χ2n) is 6.37. The van der Waals surface area contributed by atoms with E-state index in [4.69, 9.17) is 9.47 Å². The fourth-order valence-electron chi connectivity index (χ4n) is 2.67. The van der Waals surface area contributed by atoms with Crippen LogP contribution in [0.3, 0.4) is 0 Å². The molecule has 0 aliphatic rings. The van der Waals surface area contributed by atoms with E-state index >= 15 is 0 Å². The highest BCUT2D eigenvalue weighted by Crippen LogP contribution is 2.30. The molecule has 0 atom stereocenters. The number of hydrogen-bond donors (Lipinski definition) is 1. The van der Waals surface area contributed by atoms with E-state index < -0.39 is 5.91 Å². The maximum absolute atomic E-state index is 12.4. The van der Waals surface area contributed by atoms with Crippen molar-refractivity contribution in [3.8, 4) is 17.6 Å². The molecule has 0 unspecified atom stereocenters. The highest BCUT2D eigenvalue weighted by atomic mass is 16.5. The van der Waals surface area contributed by atoms with E-state index in [9.17, 15) is 10.1 Å². The molecule has 0 aromatic heterocycles. The first-order chi connectivity index (χ1) is 14.0. The van der Waals surface area contributed by atoms with Crippen LogP contribution in [0.15, 0.2) is 60.2 Å². The van der Waals surface area contributed by atoms with Crippen molar-refractivity contribution < 1.29 is 14.3 Å². The van der Waals surface area contributed by atoms with Gasteiger partial charge in [-0.25, -0.2) is 0 Å². The molecule has 2 aromatic carbocycles. The van der Waals surface area contributed by atoms with Crippen LogP contribution in [-0.4, -0.2) is 34.2 Å². The van der Waals surface area contributed by atoms with Gasteiger partial charge in [0.05, 0.1) is 14.2 Å². The zero-order valence-electron chi connectivity index (χ0n) is 17.1. The first kappa shape index (κ1) is 21.6. The number of nitriles is 1. The molecule has 0 heterocycles. The van der Waals surface area contributed by atoms with E-state index in [1.54, 1.807) is 26.4 Å². The third-order valence-corrected chi connectivity index (χ3v) is 4.25. The lowest BCUT2D eigenvalue weighted by atomic mass is 10.1. The molecule has 0 aliphatic heterocycles. The zero-order chi connectivity index (χ0) is 21.2. The molecular formula is C23H25N3O3. The second-order valence-corrected chi connectivity index (χ2v) is 6.37. The molecule has 0 saturated heterocycles. The summed E-state index contributed by atoms with van der Waals surface area (Å²) in [5.41, 5.74) is 2.86. The quantitative estimate of drug-likeness (QED) is 0.423. The Morgan fingerprint density at radius 2 is 1.86 bits per heavy atom. The fourth-order valence-corrected chi connectivity index (χ4v) is 2.67. The summed E-state index contributed by atoms with van der Waals surface area (Å²) in [7, 11) is 7.05. The molecule has 1 N–H and O–H groups in total. The number of anilines is 1. The number of allylic oxidation sites excluding steroid dienone is 2. The second kappa shape index (κ2) is 10.6. The number of nitrogens with one attached hydrogen (secondary N) is 1. The standard InChI is InChI=1S/C23H25N3O3/c1-26(2)20-13-11-17(12-14-20)7-5-8-18(15-24)23(27)25-16-19-9-6-10-21(28-3)22(19)29-4/h5-14H,16H2,1-4H3,(H,25,27)/b7-5+,18-8+. The minimum atomic E-state index is -0.454. The number of methoxy groups -OCH3 is 2. The molecular weight excluding hydrogens is 366 g/mol. The summed E-state index contributed by atoms with van der Waals surface area (Å²) in [5.74, 6) is 0.683. The van der Waals surface area contributed by atoms with Crippen LogP contribution in [-0.2, 0) is 11.3 Å². The monoisotopic (exact) mass is 391 g/mol. The van der Waals surface area contributed by atoms with Gasteiger partial charge in [0.2, 0.25) is 0 Å². The van der Waals surface area contributed by atoms with E-state index in [0.717, 1.165) is 16.8 Å². The Kier molecular flexibility index (Phi) is 7.87. The largest absolute Gasteiger partial charge is 0.493 e. The number of rotatable bonds is 8. The van der Waals surface area contributed by atoms with Crippen LogP contribution in [0, 0.1) is 11.3 Å². The molecule has 29 heavy (non-hydrogen) atoms. The van der Waals surface area contributed by atoms with E-state index in [0.29, 0.717) is 11.5 Å². The van der Waals surface area contributed by atoms with Crippen molar-refractivity contribution in [1.82, 2.24) is 5.32 Å². The highest BCUT2D eigenvalue weighted by molar-refractivity contribution is 5.97. The Balaban J connectivity index is 2.04. The Morgan fingerprint density at radius 3 is 2.45 bits per heavy atom. The van der Waals surface area contributed by atoms with Crippen LogP contribution >= 0.6 is 0 Å². The van der Waals surface area contributed by atoms with Gasteiger partial charge in [-0.05, 0) is 29.8 Å². The third kappa shape index (κ3) is 5.88. The van der Waals surface area contributed by atoms with Gasteiger partial charge in [0.1, 0.15) is 11.6 Å². The van der Waals surface area contributed by atoms with Gasteiger partial charge in [0.15, 0.2) is 11.5 Å². The maximum atomic E-state index is 12.4. The molecule has 0 fully saturated rings. The number of benzene rings is 2. The lowest BCUT2D eigenvalue weighted by Gasteiger charge is -2.13. The molecule has 0 saturated carbocycles. The van der Waals surface area contributed by atoms with E-state index in [1.807, 2.05) is 67.5 Å². The number of amides is 1. The Hall–Kier alpha value is -3.72. The summed E-state index contributed by atoms with van der Waals surface area (Å²) in [6, 6.07) is 15.3. The van der Waals surface area contributed by atoms with Crippen molar-refractivity contribution in [2.45, 2.75) is 6.54 Å². The average molecular weight is 391 g/mol. The molecule has 0 radical (unpaired) electrons. The SMILES string of the molecule is COc1cccc(CNC(=O)/C(C#N)=C/C=C/c2ccc(N(C)C)cc2)c1OC. The molecule has 0 aliphatic carbocycles. The normalized spacial score (nSPS) is 11.1. The van der Waals surface area contributed by atoms with Crippen LogP contribution in [0.25, 0.3) is 6.08 Å². The van der Waals surface area contributed by atoms with Crippen molar-refractivity contribution in [3.05, 3.63) is 71.3 Å². The van der Waals surface area contributed by atoms with Crippen LogP contribution in [0.5, 0.6) is 11.5 Å². The molecule has 6 nitrogen and oxygen atoms in total. The summed E-state index contributed by atoms with van der Waals surface area (Å²) in [5, 5.41) is 12.0. The predicted molar refractivity (Wildman–Crippen MR) is 115 cm³/mol. The number of nitrogens with zero attached hydrogens (tertiary/aromatic N) is 2. The summed E-state index contributed by atoms with van der Waals surface area (Å²) >= 11 is 0. The molecule has 150 valence electrons. The Morgan fingerprint density at radius 1 is 1.14 bits per heavy atom. The average Bonchev–Trinajstić information content (AvgIpc) is 2.74. The molecule has 2 aromatic rings. The lowest BCUT2D eigenvalue weighted by molar-refractivity contribution is -0.117. The summed E-state index contributed by atoms with van der Waals surface area (Å²) < 4.78 is 10.6. The van der Waals surface area contributed by atoms with Gasteiger partial charge in [0.25, 0.3) is 5.91 Å². The predicted octanol–water partition coefficient (Wildman–Crippen LogP) is 3.55. The van der Waals surface area contributed by atoms with Crippen molar-refractivity contribution in [2.24, 2.45) is 0 Å². The van der Waals surface area contributed by atoms with Gasteiger partial charge in [-0.1, -0.05) is 36.4 Å². The van der Waals surface area contributed by atoms with Gasteiger partial charge in [-0.2, -0.15) is 5.26 Å². The first-order valence-electron chi connectivity index (χ1n) is 9.04. The lowest BCUT2D eigenvalue weighted by Crippen LogP contribution is -2.24. The van der Waals surface area contributed by atoms with Gasteiger partial charge >= 0.3 is 0 Å². The number of carbonyl (C=O) groups excluding carboxylic acids is 1. The van der Waals surface area contributed by atoms with Gasteiger partial charge in [-0.15, -0.1) is 0 Å². The smallest absolute Gasteiger partial charge is 0.262 e. The number of para-hydroxylation sites is 1. The topological polar surface area (TPSA) is 74.6 Å². The highest BCUT2D eigenvalue weighted by Gasteiger charge is 2.12. The van der Waals surface area contributed by atoms with Crippen molar-refractivity contribution in [2.75, 3.05) is 33.2 Å². The van der Waals surface area contributed by atoms with Crippen LogP contribution in [0.2, 0.25) is 0 Å². The first-order valence-corrected chi connectivity index (χ1v) is 9.04. The Bertz CT molecular complexity index is 939. The minimum Gasteiger partial charge on any atom is -0.493 e. The zero-order valence-corrected chi connectivity index (χ0v) is 17.1. The molecule has 0 bridgehead atoms. The molecule has 0 spiro atoms. The summed E-state index contributed by atoms with van der Waals surface area (Å²) in [6.07, 6.45) is 5.03. The fraction of sp³-hybridized carbons (Fsp3) is 0.217. The van der Waals surface area contributed by atoms with Crippen molar-refractivity contribution >= 4 is 17.7 Å². The van der Waals surface area contributed by atoms with Crippen LogP contribution in [0.1, 0.15) is 11.1 Å². The summed E-state index contributed by atoms with van der Waals surface area (Å²) in [6.45, 7) is 0.216. The minimum absolute atomic E-state index is 0.0213. The van der Waals surface area contributed by atoms with Crippen molar-refractivity contribution in [3.63, 3.8) is 0 Å². The summed E-state index contributed by atoms with van der Waals surface area (Å²) in [4.78, 5) is 14.4. The van der Waals surface area contributed by atoms with Crippen LogP contribution in [0.4, 0.5) is 5.69 Å². The number of ether oxygens (including phenoxy) is 2. The van der Waals surface area contributed by atoms with Crippen LogP contribution < -0.4 is 19.7 Å².